The third kappa shape index (κ3) is 3.26. The van der Waals surface area contributed by atoms with Crippen LogP contribution in [0.15, 0.2) is 0 Å². The highest BCUT2D eigenvalue weighted by Crippen LogP contribution is 2.22. The van der Waals surface area contributed by atoms with E-state index < -0.39 is 34.5 Å². The average Bonchev–Trinajstić information content (AvgIpc) is 2.31. The Morgan fingerprint density at radius 2 is 2.07 bits per heavy atom. The van der Waals surface area contributed by atoms with Crippen LogP contribution in [0.1, 0.15) is 0 Å². The van der Waals surface area contributed by atoms with E-state index in [0.29, 0.717) is 0 Å². The molecule has 9 heteroatoms. The molecule has 1 rings (SSSR count). The fraction of sp³-hybridized carbons (Fsp3) is 1.00. The molecular formula is C5H10ClF3N2O2S. The number of rotatable bonds is 3. The molecule has 14 heavy (non-hydrogen) atoms. The summed E-state index contributed by atoms with van der Waals surface area (Å²) in [6, 6.07) is -3.23. The number of nitrogens with one attached hydrogen (secondary N) is 2. The second-order valence-electron chi connectivity index (χ2n) is 2.79. The first kappa shape index (κ1) is 13.9. The van der Waals surface area contributed by atoms with Gasteiger partial charge in [-0.3, -0.25) is 0 Å². The molecule has 0 aromatic rings. The summed E-state index contributed by atoms with van der Waals surface area (Å²) < 4.78 is 60.1. The summed E-state index contributed by atoms with van der Waals surface area (Å²) in [5, 5.41) is 2.31. The molecule has 0 aliphatic carbocycles. The van der Waals surface area contributed by atoms with Gasteiger partial charge < -0.3 is 5.32 Å². The summed E-state index contributed by atoms with van der Waals surface area (Å²) in [6.45, 7) is -0.779. The minimum atomic E-state index is -4.21. The van der Waals surface area contributed by atoms with Gasteiger partial charge in [-0.25, -0.2) is 26.3 Å². The fourth-order valence-corrected chi connectivity index (χ4v) is 1.78. The predicted octanol–water partition coefficient (Wildman–Crippen LogP) is -0.138. The normalized spacial score (nSPS) is 25.8. The molecule has 0 unspecified atom stereocenters. The lowest BCUT2D eigenvalue weighted by atomic mass is 10.2. The van der Waals surface area contributed by atoms with Crippen LogP contribution in [0.3, 0.4) is 0 Å². The molecule has 1 saturated heterocycles. The standard InChI is InChI=1S/C5H9F3N2O2S.ClH/c6-3-13(11,12)10-4-1-9-2-5(4,7)8;/h4,9-10H,1-3H2;1H/t4-;/m1./s1. The second kappa shape index (κ2) is 4.65. The summed E-state index contributed by atoms with van der Waals surface area (Å²) in [7, 11) is -4.21. The highest BCUT2D eigenvalue weighted by molar-refractivity contribution is 7.89. The van der Waals surface area contributed by atoms with Gasteiger partial charge in [0, 0.05) is 6.54 Å². The molecule has 1 aliphatic rings. The monoisotopic (exact) mass is 254 g/mol. The van der Waals surface area contributed by atoms with E-state index in [9.17, 15) is 21.6 Å². The van der Waals surface area contributed by atoms with Gasteiger partial charge in [0.1, 0.15) is 0 Å². The molecule has 1 aliphatic heterocycles. The molecule has 0 aromatic heterocycles. The van der Waals surface area contributed by atoms with Crippen molar-refractivity contribution in [3.05, 3.63) is 0 Å². The van der Waals surface area contributed by atoms with Crippen LogP contribution in [0.2, 0.25) is 0 Å². The SMILES string of the molecule is Cl.O=S(=O)(CF)N[C@@H]1CNCC1(F)F. The van der Waals surface area contributed by atoms with Crippen molar-refractivity contribution in [1.29, 1.82) is 0 Å². The Hall–Kier alpha value is -0.0500. The largest absolute Gasteiger partial charge is 0.309 e. The molecule has 0 bridgehead atoms. The summed E-state index contributed by atoms with van der Waals surface area (Å²) in [4.78, 5) is 0. The Balaban J connectivity index is 0.00000169. The lowest BCUT2D eigenvalue weighted by Crippen LogP contribution is -2.46. The predicted molar refractivity (Wildman–Crippen MR) is 46.9 cm³/mol. The van der Waals surface area contributed by atoms with E-state index in [4.69, 9.17) is 0 Å². The van der Waals surface area contributed by atoms with Crippen molar-refractivity contribution < 1.29 is 21.6 Å². The zero-order valence-electron chi connectivity index (χ0n) is 6.97. The quantitative estimate of drug-likeness (QED) is 0.737. The van der Waals surface area contributed by atoms with E-state index in [-0.39, 0.29) is 19.0 Å². The molecule has 1 atom stereocenters. The lowest BCUT2D eigenvalue weighted by molar-refractivity contribution is 0.00323. The van der Waals surface area contributed by atoms with E-state index in [1.807, 2.05) is 0 Å². The van der Waals surface area contributed by atoms with Crippen LogP contribution < -0.4 is 10.0 Å². The zero-order valence-corrected chi connectivity index (χ0v) is 8.60. The van der Waals surface area contributed by atoms with Crippen molar-refractivity contribution in [3.8, 4) is 0 Å². The van der Waals surface area contributed by atoms with Gasteiger partial charge >= 0.3 is 0 Å². The molecule has 4 nitrogen and oxygen atoms in total. The summed E-state index contributed by atoms with van der Waals surface area (Å²) >= 11 is 0. The third-order valence-electron chi connectivity index (χ3n) is 1.68. The number of halogens is 4. The van der Waals surface area contributed by atoms with Gasteiger partial charge in [-0.1, -0.05) is 0 Å². The van der Waals surface area contributed by atoms with Gasteiger partial charge in [-0.15, -0.1) is 12.4 Å². The Morgan fingerprint density at radius 1 is 1.50 bits per heavy atom. The highest BCUT2D eigenvalue weighted by atomic mass is 35.5. The molecule has 1 heterocycles. The van der Waals surface area contributed by atoms with E-state index in [0.717, 1.165) is 0 Å². The lowest BCUT2D eigenvalue weighted by Gasteiger charge is -2.17. The van der Waals surface area contributed by atoms with E-state index in [1.165, 1.54) is 0 Å². The molecule has 1 fully saturated rings. The number of alkyl halides is 3. The van der Waals surface area contributed by atoms with Crippen LogP contribution in [-0.2, 0) is 10.0 Å². The first-order valence-electron chi connectivity index (χ1n) is 3.52. The Morgan fingerprint density at radius 3 is 2.43 bits per heavy atom. The van der Waals surface area contributed by atoms with E-state index >= 15 is 0 Å². The maximum absolute atomic E-state index is 12.8. The van der Waals surface area contributed by atoms with Gasteiger partial charge in [0.05, 0.1) is 12.6 Å². The van der Waals surface area contributed by atoms with Crippen LogP contribution in [0, 0.1) is 0 Å². The molecule has 0 aromatic carbocycles. The molecular weight excluding hydrogens is 245 g/mol. The number of hydrogen-bond donors (Lipinski definition) is 2. The first-order valence-corrected chi connectivity index (χ1v) is 5.17. The van der Waals surface area contributed by atoms with Crippen LogP contribution in [0.5, 0.6) is 0 Å². The highest BCUT2D eigenvalue weighted by Gasteiger charge is 2.45. The van der Waals surface area contributed by atoms with Gasteiger partial charge in [-0.05, 0) is 0 Å². The van der Waals surface area contributed by atoms with Crippen molar-refractivity contribution in [3.63, 3.8) is 0 Å². The second-order valence-corrected chi connectivity index (χ2v) is 4.47. The maximum atomic E-state index is 12.8. The average molecular weight is 255 g/mol. The third-order valence-corrected chi connectivity index (χ3v) is 2.62. The molecule has 0 spiro atoms. The van der Waals surface area contributed by atoms with Gasteiger partial charge in [0.2, 0.25) is 16.0 Å². The van der Waals surface area contributed by atoms with Gasteiger partial charge in [0.25, 0.3) is 5.92 Å². The molecule has 0 radical (unpaired) electrons. The van der Waals surface area contributed by atoms with Crippen LogP contribution in [0.4, 0.5) is 13.2 Å². The Labute approximate surface area is 85.7 Å². The zero-order chi connectivity index (χ0) is 10.1. The Kier molecular flexibility index (Phi) is 4.63. The van der Waals surface area contributed by atoms with Gasteiger partial charge in [0.15, 0.2) is 0 Å². The molecule has 2 N–H and O–H groups in total. The summed E-state index contributed by atoms with van der Waals surface area (Å²) in [5.41, 5.74) is 0. The maximum Gasteiger partial charge on any atom is 0.277 e. The van der Waals surface area contributed by atoms with Crippen LogP contribution in [0.25, 0.3) is 0 Å². The molecule has 0 amide bonds. The summed E-state index contributed by atoms with van der Waals surface area (Å²) in [5.74, 6) is -3.15. The first-order chi connectivity index (χ1) is 5.87. The van der Waals surface area contributed by atoms with Crippen molar-refractivity contribution >= 4 is 22.4 Å². The van der Waals surface area contributed by atoms with Crippen molar-refractivity contribution in [1.82, 2.24) is 10.0 Å². The van der Waals surface area contributed by atoms with Crippen molar-refractivity contribution in [2.75, 3.05) is 19.1 Å². The minimum absolute atomic E-state index is 0. The smallest absolute Gasteiger partial charge is 0.277 e. The molecule has 0 saturated carbocycles. The van der Waals surface area contributed by atoms with Crippen molar-refractivity contribution in [2.24, 2.45) is 0 Å². The van der Waals surface area contributed by atoms with Crippen LogP contribution >= 0.6 is 12.4 Å². The van der Waals surface area contributed by atoms with Crippen molar-refractivity contribution in [2.45, 2.75) is 12.0 Å². The molecule has 86 valence electrons. The van der Waals surface area contributed by atoms with E-state index in [2.05, 4.69) is 5.32 Å². The number of hydrogen-bond acceptors (Lipinski definition) is 3. The summed E-state index contributed by atoms with van der Waals surface area (Å²) in [6.07, 6.45) is 0. The topological polar surface area (TPSA) is 58.2 Å². The fourth-order valence-electron chi connectivity index (χ4n) is 1.03. The van der Waals surface area contributed by atoms with Crippen LogP contribution in [-0.4, -0.2) is 39.5 Å². The van der Waals surface area contributed by atoms with Gasteiger partial charge in [-0.2, -0.15) is 0 Å². The minimum Gasteiger partial charge on any atom is -0.309 e. The van der Waals surface area contributed by atoms with E-state index in [1.54, 1.807) is 4.72 Å². The number of sulfonamides is 1. The Bertz CT molecular complexity index is 285.